The first-order chi connectivity index (χ1) is 11.9. The highest BCUT2D eigenvalue weighted by molar-refractivity contribution is 7.48. The molecule has 1 aromatic rings. The Hall–Kier alpha value is -1.40. The number of nitrogens with one attached hydrogen (secondary N) is 1. The highest BCUT2D eigenvalue weighted by Gasteiger charge is 2.36. The van der Waals surface area contributed by atoms with E-state index >= 15 is 0 Å². The molecule has 1 N–H and O–H groups in total. The summed E-state index contributed by atoms with van der Waals surface area (Å²) < 4.78 is 34.2. The van der Waals surface area contributed by atoms with E-state index in [-0.39, 0.29) is 19.8 Å². The van der Waals surface area contributed by atoms with E-state index in [9.17, 15) is 9.36 Å². The molecule has 0 heterocycles. The fraction of sp³-hybridized carbons (Fsp3) is 0.611. The van der Waals surface area contributed by atoms with Gasteiger partial charge in [-0.2, -0.15) is 0 Å². The molecule has 7 nitrogen and oxygen atoms in total. The number of phosphoric acid groups is 1. The molecule has 0 unspecified atom stereocenters. The maximum atomic E-state index is 12.8. The van der Waals surface area contributed by atoms with Crippen LogP contribution in [0.15, 0.2) is 30.3 Å². The zero-order chi connectivity index (χ0) is 19.8. The van der Waals surface area contributed by atoms with Crippen molar-refractivity contribution in [3.05, 3.63) is 35.9 Å². The first-order valence-corrected chi connectivity index (χ1v) is 9.95. The van der Waals surface area contributed by atoms with Crippen molar-refractivity contribution in [1.29, 1.82) is 0 Å². The second kappa shape index (κ2) is 9.51. The molecule has 0 radical (unpaired) electrons. The number of hydrogen-bond acceptors (Lipinski definition) is 6. The van der Waals surface area contributed by atoms with E-state index in [1.165, 1.54) is 0 Å². The van der Waals surface area contributed by atoms with E-state index in [2.05, 4.69) is 5.32 Å². The highest BCUT2D eigenvalue weighted by Crippen LogP contribution is 2.55. The average Bonchev–Trinajstić information content (AvgIpc) is 2.47. The van der Waals surface area contributed by atoms with Crippen LogP contribution in [0.5, 0.6) is 0 Å². The summed E-state index contributed by atoms with van der Waals surface area (Å²) >= 11 is 0. The Balaban J connectivity index is 2.41. The molecule has 0 bridgehead atoms. The number of ether oxygens (including phenoxy) is 1. The van der Waals surface area contributed by atoms with Crippen LogP contribution in [0, 0.1) is 0 Å². The van der Waals surface area contributed by atoms with Crippen LogP contribution in [0.2, 0.25) is 0 Å². The molecule has 1 aromatic carbocycles. The molecule has 0 spiro atoms. The van der Waals surface area contributed by atoms with Crippen molar-refractivity contribution in [1.82, 2.24) is 5.32 Å². The quantitative estimate of drug-likeness (QED) is 0.516. The Kier molecular flexibility index (Phi) is 8.28. The van der Waals surface area contributed by atoms with Gasteiger partial charge in [0.05, 0.1) is 17.8 Å². The van der Waals surface area contributed by atoms with Crippen LogP contribution in [-0.4, -0.2) is 30.4 Å². The van der Waals surface area contributed by atoms with Gasteiger partial charge in [0.2, 0.25) is 0 Å². The molecule has 0 saturated carbocycles. The topological polar surface area (TPSA) is 83.1 Å². The van der Waals surface area contributed by atoms with Crippen LogP contribution in [0.1, 0.15) is 47.1 Å². The van der Waals surface area contributed by atoms with Crippen molar-refractivity contribution in [3.63, 3.8) is 0 Å². The first-order valence-electron chi connectivity index (χ1n) is 8.49. The summed E-state index contributed by atoms with van der Waals surface area (Å²) in [5, 5.41) is 2.53. The summed E-state index contributed by atoms with van der Waals surface area (Å²) in [6.45, 7) is 10.8. The van der Waals surface area contributed by atoms with Crippen LogP contribution >= 0.6 is 7.82 Å². The van der Waals surface area contributed by atoms with Gasteiger partial charge in [-0.15, -0.1) is 0 Å². The number of hydrogen-bond donors (Lipinski definition) is 1. The van der Waals surface area contributed by atoms with Gasteiger partial charge in [-0.05, 0) is 47.1 Å². The zero-order valence-electron chi connectivity index (χ0n) is 16.4. The van der Waals surface area contributed by atoms with Gasteiger partial charge < -0.3 is 10.1 Å². The Morgan fingerprint density at radius 2 is 1.54 bits per heavy atom. The third-order valence-corrected chi connectivity index (χ3v) is 4.65. The molecule has 0 fully saturated rings. The second-order valence-corrected chi connectivity index (χ2v) is 9.19. The number of alkyl carbamates (subject to hydrolysis) is 1. The number of carbonyl (C=O) groups is 1. The van der Waals surface area contributed by atoms with Crippen LogP contribution in [0.25, 0.3) is 0 Å². The minimum atomic E-state index is -3.78. The predicted octanol–water partition coefficient (Wildman–Crippen LogP) is 4.67. The monoisotopic (exact) mass is 387 g/mol. The van der Waals surface area contributed by atoms with Crippen molar-refractivity contribution in [2.75, 3.05) is 13.2 Å². The third-order valence-electron chi connectivity index (χ3n) is 2.60. The fourth-order valence-corrected chi connectivity index (χ4v) is 3.63. The van der Waals surface area contributed by atoms with Crippen molar-refractivity contribution in [2.45, 2.75) is 59.4 Å². The number of amides is 1. The van der Waals surface area contributed by atoms with Gasteiger partial charge in [-0.3, -0.25) is 13.6 Å². The Bertz CT molecular complexity index is 586. The minimum Gasteiger partial charge on any atom is -0.445 e. The van der Waals surface area contributed by atoms with Crippen LogP contribution < -0.4 is 5.32 Å². The maximum absolute atomic E-state index is 12.8. The first kappa shape index (κ1) is 22.6. The fourth-order valence-electron chi connectivity index (χ4n) is 1.83. The van der Waals surface area contributed by atoms with Gasteiger partial charge in [0.15, 0.2) is 0 Å². The third kappa shape index (κ3) is 10.6. The molecule has 0 atom stereocenters. The van der Waals surface area contributed by atoms with Crippen molar-refractivity contribution >= 4 is 13.9 Å². The molecule has 0 aliphatic rings. The van der Waals surface area contributed by atoms with Gasteiger partial charge in [0.1, 0.15) is 6.61 Å². The highest BCUT2D eigenvalue weighted by atomic mass is 31.2. The molecule has 0 saturated heterocycles. The summed E-state index contributed by atoms with van der Waals surface area (Å²) in [7, 11) is -3.78. The van der Waals surface area contributed by atoms with E-state index in [0.29, 0.717) is 0 Å². The summed E-state index contributed by atoms with van der Waals surface area (Å²) in [5.41, 5.74) is -0.522. The summed E-state index contributed by atoms with van der Waals surface area (Å²) in [5.74, 6) is 0. The normalized spacial score (nSPS) is 12.7. The SMILES string of the molecule is CC(C)(C)OP(=O)(OCCNC(=O)OCc1ccccc1)OC(C)(C)C. The van der Waals surface area contributed by atoms with Gasteiger partial charge >= 0.3 is 13.9 Å². The smallest absolute Gasteiger partial charge is 0.445 e. The number of benzene rings is 1. The largest absolute Gasteiger partial charge is 0.475 e. The van der Waals surface area contributed by atoms with Gasteiger partial charge in [0, 0.05) is 6.54 Å². The summed E-state index contributed by atoms with van der Waals surface area (Å²) in [4.78, 5) is 11.7. The Morgan fingerprint density at radius 1 is 1.00 bits per heavy atom. The summed E-state index contributed by atoms with van der Waals surface area (Å²) in [6, 6.07) is 9.35. The number of rotatable bonds is 8. The molecule has 0 aliphatic heterocycles. The standard InChI is InChI=1S/C18H30NO6P/c1-17(2,3)24-26(21,25-18(4,5)6)23-13-12-19-16(20)22-14-15-10-8-7-9-11-15/h7-11H,12-14H2,1-6H3,(H,19,20). The van der Waals surface area contributed by atoms with E-state index < -0.39 is 25.1 Å². The molecule has 1 amide bonds. The second-order valence-electron chi connectivity index (χ2n) is 7.68. The minimum absolute atomic E-state index is 0.0378. The molecule has 1 rings (SSSR count). The van der Waals surface area contributed by atoms with Gasteiger partial charge in [-0.25, -0.2) is 9.36 Å². The molecule has 148 valence electrons. The molecular formula is C18H30NO6P. The molecule has 0 aromatic heterocycles. The summed E-state index contributed by atoms with van der Waals surface area (Å²) in [6.07, 6.45) is -0.583. The van der Waals surface area contributed by atoms with E-state index in [4.69, 9.17) is 18.3 Å². The average molecular weight is 387 g/mol. The lowest BCUT2D eigenvalue weighted by molar-refractivity contribution is 0.00359. The van der Waals surface area contributed by atoms with Crippen molar-refractivity contribution < 1.29 is 27.7 Å². The lowest BCUT2D eigenvalue weighted by Gasteiger charge is -2.30. The number of carbonyl (C=O) groups excluding carboxylic acids is 1. The van der Waals surface area contributed by atoms with E-state index in [1.54, 1.807) is 41.5 Å². The van der Waals surface area contributed by atoms with Gasteiger partial charge in [-0.1, -0.05) is 30.3 Å². The Morgan fingerprint density at radius 3 is 2.04 bits per heavy atom. The Labute approximate surface area is 156 Å². The van der Waals surface area contributed by atoms with Gasteiger partial charge in [0.25, 0.3) is 0 Å². The number of phosphoric ester groups is 1. The molecular weight excluding hydrogens is 357 g/mol. The van der Waals surface area contributed by atoms with Crippen LogP contribution in [0.3, 0.4) is 0 Å². The van der Waals surface area contributed by atoms with Crippen molar-refractivity contribution in [2.24, 2.45) is 0 Å². The molecule has 8 heteroatoms. The molecule has 26 heavy (non-hydrogen) atoms. The zero-order valence-corrected chi connectivity index (χ0v) is 17.3. The van der Waals surface area contributed by atoms with Crippen LogP contribution in [-0.2, 0) is 29.5 Å². The lowest BCUT2D eigenvalue weighted by atomic mass is 10.2. The van der Waals surface area contributed by atoms with Crippen molar-refractivity contribution in [3.8, 4) is 0 Å². The van der Waals surface area contributed by atoms with Crippen LogP contribution in [0.4, 0.5) is 4.79 Å². The van der Waals surface area contributed by atoms with E-state index in [1.807, 2.05) is 30.3 Å². The molecule has 0 aliphatic carbocycles. The van der Waals surface area contributed by atoms with E-state index in [0.717, 1.165) is 5.56 Å². The predicted molar refractivity (Wildman–Crippen MR) is 99.9 cm³/mol. The maximum Gasteiger partial charge on any atom is 0.475 e. The lowest BCUT2D eigenvalue weighted by Crippen LogP contribution is -2.29.